The lowest BCUT2D eigenvalue weighted by atomic mass is 10.1. The van der Waals surface area contributed by atoms with Gasteiger partial charge in [-0.05, 0) is 26.2 Å². The first-order chi connectivity index (χ1) is 5.29. The van der Waals surface area contributed by atoms with Crippen molar-refractivity contribution in [2.45, 2.75) is 45.4 Å². The lowest BCUT2D eigenvalue weighted by Gasteiger charge is -1.96. The molecule has 0 spiro atoms. The highest BCUT2D eigenvalue weighted by Gasteiger charge is 2.04. The SMILES string of the molecule is C/C1=C/CCCCCC(=O)C1. The second kappa shape index (κ2) is 4.32. The first-order valence-electron chi connectivity index (χ1n) is 4.46. The van der Waals surface area contributed by atoms with E-state index < -0.39 is 0 Å². The van der Waals surface area contributed by atoms with Crippen molar-refractivity contribution < 1.29 is 4.79 Å². The van der Waals surface area contributed by atoms with Crippen molar-refractivity contribution in [3.63, 3.8) is 0 Å². The molecule has 1 heteroatoms. The minimum Gasteiger partial charge on any atom is -0.299 e. The van der Waals surface area contributed by atoms with Gasteiger partial charge in [-0.3, -0.25) is 4.79 Å². The zero-order valence-corrected chi connectivity index (χ0v) is 7.23. The van der Waals surface area contributed by atoms with Crippen molar-refractivity contribution in [2.75, 3.05) is 0 Å². The zero-order chi connectivity index (χ0) is 8.10. The molecule has 0 unspecified atom stereocenters. The van der Waals surface area contributed by atoms with Gasteiger partial charge in [0, 0.05) is 12.8 Å². The van der Waals surface area contributed by atoms with E-state index in [9.17, 15) is 4.79 Å². The van der Waals surface area contributed by atoms with Crippen molar-refractivity contribution in [3.05, 3.63) is 11.6 Å². The number of hydrogen-bond acceptors (Lipinski definition) is 1. The Hall–Kier alpha value is -0.590. The molecular weight excluding hydrogens is 136 g/mol. The molecule has 0 aromatic carbocycles. The number of hydrogen-bond donors (Lipinski definition) is 0. The molecule has 0 amide bonds. The number of Topliss-reactive ketones (excluding diaryl/α,β-unsaturated/α-hetero) is 1. The molecule has 0 saturated carbocycles. The molecule has 0 aromatic heterocycles. The zero-order valence-electron chi connectivity index (χ0n) is 7.23. The quantitative estimate of drug-likeness (QED) is 0.488. The van der Waals surface area contributed by atoms with Gasteiger partial charge in [0.05, 0.1) is 0 Å². The molecule has 1 aliphatic carbocycles. The molecule has 11 heavy (non-hydrogen) atoms. The van der Waals surface area contributed by atoms with E-state index in [-0.39, 0.29) is 0 Å². The summed E-state index contributed by atoms with van der Waals surface area (Å²) in [6.07, 6.45) is 8.44. The molecule has 1 aliphatic rings. The maximum atomic E-state index is 11.2. The third kappa shape index (κ3) is 3.35. The number of allylic oxidation sites excluding steroid dienone is 2. The van der Waals surface area contributed by atoms with Crippen LogP contribution in [0.25, 0.3) is 0 Å². The summed E-state index contributed by atoms with van der Waals surface area (Å²) in [5.41, 5.74) is 1.26. The predicted molar refractivity (Wildman–Crippen MR) is 46.5 cm³/mol. The number of carbonyl (C=O) groups is 1. The fourth-order valence-corrected chi connectivity index (χ4v) is 1.46. The van der Waals surface area contributed by atoms with Gasteiger partial charge in [-0.25, -0.2) is 0 Å². The maximum absolute atomic E-state index is 11.2. The van der Waals surface area contributed by atoms with Crippen molar-refractivity contribution in [1.29, 1.82) is 0 Å². The number of carbonyl (C=O) groups excluding carboxylic acids is 1. The molecule has 1 rings (SSSR count). The molecule has 0 heterocycles. The van der Waals surface area contributed by atoms with Crippen molar-refractivity contribution in [2.24, 2.45) is 0 Å². The Bertz CT molecular complexity index is 168. The van der Waals surface area contributed by atoms with Crippen LogP contribution in [0.4, 0.5) is 0 Å². The highest BCUT2D eigenvalue weighted by atomic mass is 16.1. The fourth-order valence-electron chi connectivity index (χ4n) is 1.46. The number of rotatable bonds is 0. The van der Waals surface area contributed by atoms with E-state index in [1.54, 1.807) is 0 Å². The van der Waals surface area contributed by atoms with Gasteiger partial charge < -0.3 is 0 Å². The van der Waals surface area contributed by atoms with Gasteiger partial charge in [0.15, 0.2) is 0 Å². The normalized spacial score (nSPS) is 26.3. The highest BCUT2D eigenvalue weighted by molar-refractivity contribution is 5.80. The minimum atomic E-state index is 0.417. The molecule has 0 bridgehead atoms. The van der Waals surface area contributed by atoms with Crippen LogP contribution in [0.15, 0.2) is 11.6 Å². The summed E-state index contributed by atoms with van der Waals surface area (Å²) in [5.74, 6) is 0.417. The number of ketones is 1. The summed E-state index contributed by atoms with van der Waals surface area (Å²) in [6.45, 7) is 2.06. The van der Waals surface area contributed by atoms with E-state index in [1.165, 1.54) is 24.8 Å². The lowest BCUT2D eigenvalue weighted by Crippen LogP contribution is -1.96. The molecule has 0 fully saturated rings. The molecule has 1 nitrogen and oxygen atoms in total. The van der Waals surface area contributed by atoms with Crippen LogP contribution in [-0.4, -0.2) is 5.78 Å². The van der Waals surface area contributed by atoms with E-state index in [0.717, 1.165) is 12.8 Å². The maximum Gasteiger partial charge on any atom is 0.136 e. The molecule has 62 valence electrons. The molecule has 0 aromatic rings. The Morgan fingerprint density at radius 3 is 2.91 bits per heavy atom. The predicted octanol–water partition coefficient (Wildman–Crippen LogP) is 2.86. The lowest BCUT2D eigenvalue weighted by molar-refractivity contribution is -0.118. The summed E-state index contributed by atoms with van der Waals surface area (Å²) in [5, 5.41) is 0. The van der Waals surface area contributed by atoms with Gasteiger partial charge in [0.1, 0.15) is 5.78 Å². The molecule has 0 radical (unpaired) electrons. The molecular formula is C10H16O. The van der Waals surface area contributed by atoms with Gasteiger partial charge in [0.25, 0.3) is 0 Å². The largest absolute Gasteiger partial charge is 0.299 e. The van der Waals surface area contributed by atoms with E-state index in [1.807, 2.05) is 0 Å². The fraction of sp³-hybridized carbons (Fsp3) is 0.700. The van der Waals surface area contributed by atoms with Crippen LogP contribution in [-0.2, 0) is 4.79 Å². The monoisotopic (exact) mass is 152 g/mol. The van der Waals surface area contributed by atoms with E-state index in [4.69, 9.17) is 0 Å². The van der Waals surface area contributed by atoms with E-state index in [2.05, 4.69) is 13.0 Å². The first-order valence-corrected chi connectivity index (χ1v) is 4.46. The van der Waals surface area contributed by atoms with Crippen molar-refractivity contribution >= 4 is 5.78 Å². The van der Waals surface area contributed by atoms with Crippen LogP contribution in [0, 0.1) is 0 Å². The Labute approximate surface area is 68.5 Å². The standard InChI is InChI=1S/C10H16O/c1-9-6-4-2-3-5-7-10(11)8-9/h6H,2-5,7-8H2,1H3/b9-6-. The Morgan fingerprint density at radius 2 is 2.09 bits per heavy atom. The van der Waals surface area contributed by atoms with Crippen LogP contribution in [0.5, 0.6) is 0 Å². The minimum absolute atomic E-state index is 0.417. The summed E-state index contributed by atoms with van der Waals surface area (Å²) in [4.78, 5) is 11.2. The smallest absolute Gasteiger partial charge is 0.136 e. The Kier molecular flexibility index (Phi) is 3.34. The molecule has 0 N–H and O–H groups in total. The summed E-state index contributed by atoms with van der Waals surface area (Å²) in [6, 6.07) is 0. The van der Waals surface area contributed by atoms with Crippen LogP contribution in [0.3, 0.4) is 0 Å². The molecule has 0 atom stereocenters. The average molecular weight is 152 g/mol. The third-order valence-corrected chi connectivity index (χ3v) is 2.13. The van der Waals surface area contributed by atoms with Gasteiger partial charge in [-0.2, -0.15) is 0 Å². The van der Waals surface area contributed by atoms with Crippen LogP contribution in [0.1, 0.15) is 45.4 Å². The Morgan fingerprint density at radius 1 is 1.27 bits per heavy atom. The second-order valence-electron chi connectivity index (χ2n) is 3.37. The summed E-state index contributed by atoms with van der Waals surface area (Å²) < 4.78 is 0. The van der Waals surface area contributed by atoms with Crippen molar-refractivity contribution in [3.8, 4) is 0 Å². The van der Waals surface area contributed by atoms with E-state index in [0.29, 0.717) is 12.2 Å². The first kappa shape index (κ1) is 8.51. The molecule has 0 saturated heterocycles. The van der Waals surface area contributed by atoms with Gasteiger partial charge in [0.2, 0.25) is 0 Å². The third-order valence-electron chi connectivity index (χ3n) is 2.13. The highest BCUT2D eigenvalue weighted by Crippen LogP contribution is 2.13. The van der Waals surface area contributed by atoms with Crippen LogP contribution in [0.2, 0.25) is 0 Å². The second-order valence-corrected chi connectivity index (χ2v) is 3.37. The van der Waals surface area contributed by atoms with Gasteiger partial charge in [-0.15, -0.1) is 0 Å². The topological polar surface area (TPSA) is 17.1 Å². The van der Waals surface area contributed by atoms with Crippen LogP contribution < -0.4 is 0 Å². The average Bonchev–Trinajstić information content (AvgIpc) is 2.02. The summed E-state index contributed by atoms with van der Waals surface area (Å²) in [7, 11) is 0. The van der Waals surface area contributed by atoms with Gasteiger partial charge >= 0.3 is 0 Å². The Balaban J connectivity index is 2.48. The molecule has 0 aliphatic heterocycles. The van der Waals surface area contributed by atoms with Crippen molar-refractivity contribution in [1.82, 2.24) is 0 Å². The van der Waals surface area contributed by atoms with E-state index >= 15 is 0 Å². The van der Waals surface area contributed by atoms with Gasteiger partial charge in [-0.1, -0.05) is 18.1 Å². The summed E-state index contributed by atoms with van der Waals surface area (Å²) >= 11 is 0. The van der Waals surface area contributed by atoms with Crippen LogP contribution >= 0.6 is 0 Å².